The van der Waals surface area contributed by atoms with Crippen molar-refractivity contribution < 1.29 is 18.7 Å². The average Bonchev–Trinajstić information content (AvgIpc) is 3.57. The van der Waals surface area contributed by atoms with Gasteiger partial charge in [0.2, 0.25) is 6.29 Å². The van der Waals surface area contributed by atoms with E-state index in [4.69, 9.17) is 16.3 Å². The molecule has 3 atom stereocenters. The maximum atomic E-state index is 14.9. The lowest BCUT2D eigenvalue weighted by atomic mass is 9.87. The molecule has 5 aliphatic rings. The molecule has 3 N–H and O–H groups in total. The number of amides is 2. The molecule has 1 saturated carbocycles. The largest absolute Gasteiger partial charge is 0.359 e. The standard InChI is InChI=1S/C29H37ClFN5O3/c1-3-4-8-14-28(2,26(38)34-29(15-16-29)21-12-9-13-22(30)24(21)31)39-18-20-17-23(37)36-27(32-20)33-25(35-36)19-10-6-5-7-11-19/h5-6,9-10,13,17,21,27,32H,3-4,7-8,11-12,14-16,18H2,1-2H3,(H,33,35)(H,34,38). The van der Waals surface area contributed by atoms with E-state index in [0.717, 1.165) is 37.7 Å². The number of rotatable bonds is 11. The normalized spacial score (nSPS) is 26.6. The molecule has 3 unspecified atom stereocenters. The molecular formula is C29H37ClFN5O3. The van der Waals surface area contributed by atoms with Gasteiger partial charge in [0.25, 0.3) is 11.8 Å². The highest BCUT2D eigenvalue weighted by Gasteiger charge is 2.54. The third-order valence-electron chi connectivity index (χ3n) is 8.16. The highest BCUT2D eigenvalue weighted by atomic mass is 35.5. The molecule has 1 fully saturated rings. The molecule has 3 aliphatic carbocycles. The first kappa shape index (κ1) is 27.6. The fourth-order valence-corrected chi connectivity index (χ4v) is 5.73. The van der Waals surface area contributed by atoms with Gasteiger partial charge in [-0.25, -0.2) is 4.39 Å². The predicted molar refractivity (Wildman–Crippen MR) is 149 cm³/mol. The van der Waals surface area contributed by atoms with Crippen LogP contribution in [0, 0.1) is 5.92 Å². The van der Waals surface area contributed by atoms with Crippen molar-refractivity contribution >= 4 is 29.3 Å². The Kier molecular flexibility index (Phi) is 8.01. The van der Waals surface area contributed by atoms with E-state index in [0.29, 0.717) is 37.2 Å². The van der Waals surface area contributed by atoms with Crippen molar-refractivity contribution in [1.29, 1.82) is 0 Å². The van der Waals surface area contributed by atoms with Crippen LogP contribution >= 0.6 is 11.6 Å². The Morgan fingerprint density at radius 3 is 2.87 bits per heavy atom. The van der Waals surface area contributed by atoms with Gasteiger partial charge < -0.3 is 20.7 Å². The lowest BCUT2D eigenvalue weighted by Crippen LogP contribution is -2.56. The summed E-state index contributed by atoms with van der Waals surface area (Å²) in [5, 5.41) is 15.7. The number of carbonyl (C=O) groups is 2. The van der Waals surface area contributed by atoms with Gasteiger partial charge in [-0.2, -0.15) is 5.01 Å². The van der Waals surface area contributed by atoms with Crippen molar-refractivity contribution in [2.45, 2.75) is 89.1 Å². The molecule has 2 aliphatic heterocycles. The predicted octanol–water partition coefficient (Wildman–Crippen LogP) is 4.78. The Morgan fingerprint density at radius 1 is 1.33 bits per heavy atom. The Balaban J connectivity index is 1.24. The lowest BCUT2D eigenvalue weighted by molar-refractivity contribution is -0.146. The smallest absolute Gasteiger partial charge is 0.272 e. The summed E-state index contributed by atoms with van der Waals surface area (Å²) in [7, 11) is 0. The van der Waals surface area contributed by atoms with Crippen molar-refractivity contribution in [1.82, 2.24) is 21.0 Å². The van der Waals surface area contributed by atoms with Crippen LogP contribution in [0.3, 0.4) is 0 Å². The van der Waals surface area contributed by atoms with E-state index in [9.17, 15) is 14.0 Å². The molecule has 0 aromatic heterocycles. The second kappa shape index (κ2) is 11.3. The summed E-state index contributed by atoms with van der Waals surface area (Å²) in [6.07, 6.45) is 17.4. The molecule has 2 heterocycles. The summed E-state index contributed by atoms with van der Waals surface area (Å²) in [4.78, 5) is 26.6. The summed E-state index contributed by atoms with van der Waals surface area (Å²) in [6, 6.07) is 0. The topological polar surface area (TPSA) is 95.1 Å². The lowest BCUT2D eigenvalue weighted by Gasteiger charge is -2.35. The molecule has 2 amide bonds. The van der Waals surface area contributed by atoms with E-state index < -0.39 is 23.3 Å². The third kappa shape index (κ3) is 5.84. The van der Waals surface area contributed by atoms with E-state index in [1.165, 1.54) is 11.1 Å². The number of carbonyl (C=O) groups excluding carboxylic acids is 2. The quantitative estimate of drug-likeness (QED) is 0.318. The second-order valence-corrected chi connectivity index (χ2v) is 11.5. The number of nitrogens with one attached hydrogen (secondary N) is 3. The number of fused-ring (bicyclic) bond motifs is 1. The van der Waals surface area contributed by atoms with Crippen LogP contribution in [0.5, 0.6) is 0 Å². The zero-order valence-electron chi connectivity index (χ0n) is 22.6. The van der Waals surface area contributed by atoms with Crippen molar-refractivity contribution in [3.63, 3.8) is 0 Å². The van der Waals surface area contributed by atoms with Crippen molar-refractivity contribution in [2.75, 3.05) is 6.61 Å². The van der Waals surface area contributed by atoms with Crippen LogP contribution in [-0.2, 0) is 14.3 Å². The Hall–Kier alpha value is -2.91. The third-order valence-corrected chi connectivity index (χ3v) is 8.47. The summed E-state index contributed by atoms with van der Waals surface area (Å²) in [5.41, 5.74) is -0.178. The molecule has 0 bridgehead atoms. The highest BCUT2D eigenvalue weighted by Crippen LogP contribution is 2.50. The zero-order valence-corrected chi connectivity index (χ0v) is 23.3. The van der Waals surface area contributed by atoms with E-state index in [2.05, 4.69) is 34.1 Å². The first-order chi connectivity index (χ1) is 18.7. The van der Waals surface area contributed by atoms with Gasteiger partial charge in [-0.3, -0.25) is 9.59 Å². The Labute approximate surface area is 234 Å². The maximum absolute atomic E-state index is 14.9. The van der Waals surface area contributed by atoms with E-state index in [-0.39, 0.29) is 29.3 Å². The number of ether oxygens (including phenoxy) is 1. The number of allylic oxidation sites excluding steroid dienone is 6. The fourth-order valence-electron chi connectivity index (χ4n) is 5.51. The van der Waals surface area contributed by atoms with E-state index >= 15 is 0 Å². The molecule has 5 rings (SSSR count). The van der Waals surface area contributed by atoms with Crippen LogP contribution in [0.2, 0.25) is 0 Å². The van der Waals surface area contributed by atoms with Crippen LogP contribution in [0.15, 0.2) is 63.7 Å². The first-order valence-corrected chi connectivity index (χ1v) is 14.3. The molecule has 0 radical (unpaired) electrons. The first-order valence-electron chi connectivity index (χ1n) is 13.9. The minimum absolute atomic E-state index is 0.0494. The number of nitrogens with zero attached hydrogens (tertiary/aromatic N) is 2. The van der Waals surface area contributed by atoms with Crippen molar-refractivity contribution in [3.05, 3.63) is 58.6 Å². The molecule has 10 heteroatoms. The van der Waals surface area contributed by atoms with Crippen molar-refractivity contribution in [2.24, 2.45) is 11.0 Å². The number of halogens is 2. The van der Waals surface area contributed by atoms with Gasteiger partial charge in [0.1, 0.15) is 11.4 Å². The number of unbranched alkanes of at least 4 members (excludes halogenated alkanes) is 2. The molecule has 8 nitrogen and oxygen atoms in total. The second-order valence-electron chi connectivity index (χ2n) is 11.1. The van der Waals surface area contributed by atoms with Gasteiger partial charge in [0, 0.05) is 23.2 Å². The van der Waals surface area contributed by atoms with Crippen molar-refractivity contribution in [3.8, 4) is 0 Å². The van der Waals surface area contributed by atoms with Gasteiger partial charge in [-0.1, -0.05) is 62.1 Å². The molecule has 0 aromatic rings. The summed E-state index contributed by atoms with van der Waals surface area (Å²) in [6.45, 7) is 3.93. The van der Waals surface area contributed by atoms with Crippen LogP contribution in [0.4, 0.5) is 4.39 Å². The molecule has 210 valence electrons. The minimum atomic E-state index is -1.15. The highest BCUT2D eigenvalue weighted by molar-refractivity contribution is 6.31. The number of hydrazone groups is 1. The van der Waals surface area contributed by atoms with Crippen LogP contribution in [0.1, 0.15) is 71.6 Å². The monoisotopic (exact) mass is 557 g/mol. The molecule has 0 aromatic carbocycles. The molecular weight excluding hydrogens is 521 g/mol. The van der Waals surface area contributed by atoms with Gasteiger partial charge in [-0.05, 0) is 57.1 Å². The van der Waals surface area contributed by atoms with Crippen LogP contribution in [-0.4, -0.2) is 46.7 Å². The Bertz CT molecular complexity index is 1200. The fraction of sp³-hybridized carbons (Fsp3) is 0.552. The summed E-state index contributed by atoms with van der Waals surface area (Å²) in [5.74, 6) is -0.678. The molecule has 39 heavy (non-hydrogen) atoms. The number of hydrogen-bond donors (Lipinski definition) is 3. The van der Waals surface area contributed by atoms with Gasteiger partial charge in [0.05, 0.1) is 11.6 Å². The number of amidine groups is 1. The van der Waals surface area contributed by atoms with E-state index in [1.54, 1.807) is 13.0 Å². The van der Waals surface area contributed by atoms with Crippen LogP contribution in [0.25, 0.3) is 0 Å². The van der Waals surface area contributed by atoms with Gasteiger partial charge in [-0.15, -0.1) is 5.10 Å². The Morgan fingerprint density at radius 2 is 2.15 bits per heavy atom. The van der Waals surface area contributed by atoms with E-state index in [1.807, 2.05) is 18.2 Å². The molecule has 0 spiro atoms. The SMILES string of the molecule is CCCCCC(C)(OCC1=CC(=O)N2N=C(C3=CC=CCC3)NC2N1)C(=O)NC1(C2CC=CC(Cl)=C2F)CC1. The summed E-state index contributed by atoms with van der Waals surface area (Å²) >= 11 is 6.06. The van der Waals surface area contributed by atoms with Gasteiger partial charge in [0.15, 0.2) is 5.84 Å². The maximum Gasteiger partial charge on any atom is 0.272 e. The molecule has 0 saturated heterocycles. The van der Waals surface area contributed by atoms with Crippen LogP contribution < -0.4 is 16.0 Å². The summed E-state index contributed by atoms with van der Waals surface area (Å²) < 4.78 is 21.2. The minimum Gasteiger partial charge on any atom is -0.359 e. The zero-order chi connectivity index (χ0) is 27.6. The van der Waals surface area contributed by atoms with Gasteiger partial charge >= 0.3 is 0 Å². The number of hydrogen-bond acceptors (Lipinski definition) is 6. The average molecular weight is 558 g/mol.